The Morgan fingerprint density at radius 1 is 1.50 bits per heavy atom. The lowest BCUT2D eigenvalue weighted by atomic mass is 9.86. The molecule has 0 aromatic carbocycles. The maximum absolute atomic E-state index is 11.7. The lowest BCUT2D eigenvalue weighted by Gasteiger charge is -2.44. The van der Waals surface area contributed by atoms with Crippen LogP contribution in [0.15, 0.2) is 0 Å². The number of piperidine rings is 1. The minimum atomic E-state index is -0.0909. The van der Waals surface area contributed by atoms with Crippen LogP contribution in [0.4, 0.5) is 0 Å². The van der Waals surface area contributed by atoms with E-state index in [0.717, 1.165) is 39.0 Å². The van der Waals surface area contributed by atoms with Crippen molar-refractivity contribution in [2.75, 3.05) is 47.4 Å². The Bertz CT molecular complexity index is 301. The standard InChI is InChI=1S/C13H24N2O3/c1-14(2)12(16)10-15-7-6-13(5-4-8-18-13)11(9-15)17-3/h11H,4-10H2,1-3H3/t11-,13-/m0/s1. The van der Waals surface area contributed by atoms with Gasteiger partial charge in [0.25, 0.3) is 0 Å². The van der Waals surface area contributed by atoms with Crippen LogP contribution in [0.5, 0.6) is 0 Å². The number of carbonyl (C=O) groups excluding carboxylic acids is 1. The number of ether oxygens (including phenoxy) is 2. The van der Waals surface area contributed by atoms with Crippen molar-refractivity contribution in [2.24, 2.45) is 0 Å². The average Bonchev–Trinajstić information content (AvgIpc) is 2.81. The van der Waals surface area contributed by atoms with E-state index in [9.17, 15) is 4.79 Å². The number of nitrogens with zero attached hydrogens (tertiary/aromatic N) is 2. The van der Waals surface area contributed by atoms with E-state index in [-0.39, 0.29) is 17.6 Å². The van der Waals surface area contributed by atoms with Gasteiger partial charge in [0.15, 0.2) is 0 Å². The van der Waals surface area contributed by atoms with Crippen LogP contribution in [0, 0.1) is 0 Å². The first-order valence-corrected chi connectivity index (χ1v) is 6.67. The van der Waals surface area contributed by atoms with Crippen LogP contribution in [-0.2, 0) is 14.3 Å². The first kappa shape index (κ1) is 13.8. The highest BCUT2D eigenvalue weighted by Gasteiger charge is 2.46. The predicted molar refractivity (Wildman–Crippen MR) is 68.5 cm³/mol. The molecule has 5 heteroatoms. The van der Waals surface area contributed by atoms with Crippen molar-refractivity contribution in [1.82, 2.24) is 9.80 Å². The lowest BCUT2D eigenvalue weighted by Crippen LogP contribution is -2.57. The van der Waals surface area contributed by atoms with Gasteiger partial charge in [-0.1, -0.05) is 0 Å². The molecule has 0 radical (unpaired) electrons. The third-order valence-corrected chi connectivity index (χ3v) is 4.14. The molecule has 18 heavy (non-hydrogen) atoms. The van der Waals surface area contributed by atoms with Gasteiger partial charge in [-0.3, -0.25) is 9.69 Å². The zero-order valence-electron chi connectivity index (χ0n) is 11.6. The number of likely N-dealkylation sites (N-methyl/N-ethyl adjacent to an activating group) is 1. The molecule has 2 atom stereocenters. The predicted octanol–water partition coefficient (Wildman–Crippen LogP) is 0.345. The van der Waals surface area contributed by atoms with Crippen molar-refractivity contribution >= 4 is 5.91 Å². The van der Waals surface area contributed by atoms with Crippen molar-refractivity contribution in [3.05, 3.63) is 0 Å². The Morgan fingerprint density at radius 2 is 2.28 bits per heavy atom. The second-order valence-corrected chi connectivity index (χ2v) is 5.51. The second-order valence-electron chi connectivity index (χ2n) is 5.51. The van der Waals surface area contributed by atoms with Crippen molar-refractivity contribution in [2.45, 2.75) is 31.0 Å². The van der Waals surface area contributed by atoms with E-state index in [1.807, 2.05) is 0 Å². The lowest BCUT2D eigenvalue weighted by molar-refractivity contribution is -0.149. The molecule has 0 bridgehead atoms. The molecular weight excluding hydrogens is 232 g/mol. The molecule has 0 N–H and O–H groups in total. The van der Waals surface area contributed by atoms with Gasteiger partial charge in [-0.05, 0) is 19.3 Å². The first-order chi connectivity index (χ1) is 8.57. The van der Waals surface area contributed by atoms with Crippen LogP contribution in [0.2, 0.25) is 0 Å². The van der Waals surface area contributed by atoms with E-state index in [1.165, 1.54) is 0 Å². The summed E-state index contributed by atoms with van der Waals surface area (Å²) in [5, 5.41) is 0. The maximum atomic E-state index is 11.7. The minimum absolute atomic E-state index is 0.0868. The molecule has 1 amide bonds. The molecule has 2 aliphatic rings. The van der Waals surface area contributed by atoms with E-state index < -0.39 is 0 Å². The molecule has 2 fully saturated rings. The Hall–Kier alpha value is -0.650. The largest absolute Gasteiger partial charge is 0.377 e. The highest BCUT2D eigenvalue weighted by atomic mass is 16.5. The van der Waals surface area contributed by atoms with Gasteiger partial charge < -0.3 is 14.4 Å². The Kier molecular flexibility index (Phi) is 4.25. The summed E-state index contributed by atoms with van der Waals surface area (Å²) in [7, 11) is 5.33. The Balaban J connectivity index is 1.94. The molecule has 0 saturated carbocycles. The summed E-state index contributed by atoms with van der Waals surface area (Å²) in [4.78, 5) is 15.5. The molecule has 0 aromatic rings. The topological polar surface area (TPSA) is 42.0 Å². The third-order valence-electron chi connectivity index (χ3n) is 4.14. The summed E-state index contributed by atoms with van der Waals surface area (Å²) in [6, 6.07) is 0. The van der Waals surface area contributed by atoms with Crippen LogP contribution in [0.25, 0.3) is 0 Å². The zero-order chi connectivity index (χ0) is 13.2. The van der Waals surface area contributed by atoms with Crippen molar-refractivity contribution in [1.29, 1.82) is 0 Å². The molecule has 104 valence electrons. The summed E-state index contributed by atoms with van der Waals surface area (Å²) in [6.07, 6.45) is 3.26. The number of methoxy groups -OCH3 is 1. The smallest absolute Gasteiger partial charge is 0.236 e. The fourth-order valence-electron chi connectivity index (χ4n) is 2.94. The minimum Gasteiger partial charge on any atom is -0.377 e. The van der Waals surface area contributed by atoms with Crippen molar-refractivity contribution in [3.8, 4) is 0 Å². The quantitative estimate of drug-likeness (QED) is 0.730. The average molecular weight is 256 g/mol. The van der Waals surface area contributed by atoms with E-state index in [0.29, 0.717) is 6.54 Å². The van der Waals surface area contributed by atoms with Gasteiger partial charge in [-0.25, -0.2) is 0 Å². The van der Waals surface area contributed by atoms with Gasteiger partial charge in [-0.2, -0.15) is 0 Å². The highest BCUT2D eigenvalue weighted by molar-refractivity contribution is 5.77. The van der Waals surface area contributed by atoms with E-state index in [4.69, 9.17) is 9.47 Å². The second kappa shape index (κ2) is 5.55. The van der Waals surface area contributed by atoms with E-state index in [2.05, 4.69) is 4.90 Å². The number of likely N-dealkylation sites (tertiary alicyclic amines) is 1. The Morgan fingerprint density at radius 3 is 2.83 bits per heavy atom. The fourth-order valence-corrected chi connectivity index (χ4v) is 2.94. The number of rotatable bonds is 3. The molecule has 1 spiro atoms. The third kappa shape index (κ3) is 2.68. The van der Waals surface area contributed by atoms with Gasteiger partial charge in [0, 0.05) is 40.9 Å². The maximum Gasteiger partial charge on any atom is 0.236 e. The molecule has 0 aliphatic carbocycles. The van der Waals surface area contributed by atoms with E-state index >= 15 is 0 Å². The SMILES string of the molecule is CO[C@H]1CN(CC(=O)N(C)C)CC[C@@]12CCCO2. The Labute approximate surface area is 109 Å². The summed E-state index contributed by atoms with van der Waals surface area (Å²) < 4.78 is 11.5. The molecule has 2 rings (SSSR count). The number of amides is 1. The van der Waals surface area contributed by atoms with Gasteiger partial charge in [-0.15, -0.1) is 0 Å². The highest BCUT2D eigenvalue weighted by Crippen LogP contribution is 2.37. The number of carbonyl (C=O) groups is 1. The number of hydrogen-bond donors (Lipinski definition) is 0. The van der Waals surface area contributed by atoms with Gasteiger partial charge in [0.2, 0.25) is 5.91 Å². The summed E-state index contributed by atoms with van der Waals surface area (Å²) in [5.74, 6) is 0.146. The molecule has 5 nitrogen and oxygen atoms in total. The molecule has 0 unspecified atom stereocenters. The molecule has 2 saturated heterocycles. The number of hydrogen-bond acceptors (Lipinski definition) is 4. The molecule has 0 aromatic heterocycles. The van der Waals surface area contributed by atoms with Gasteiger partial charge in [0.1, 0.15) is 0 Å². The summed E-state index contributed by atoms with van der Waals surface area (Å²) >= 11 is 0. The fraction of sp³-hybridized carbons (Fsp3) is 0.923. The van der Waals surface area contributed by atoms with E-state index in [1.54, 1.807) is 26.1 Å². The zero-order valence-corrected chi connectivity index (χ0v) is 11.6. The molecule has 2 heterocycles. The van der Waals surface area contributed by atoms with Gasteiger partial charge in [0.05, 0.1) is 18.2 Å². The molecular formula is C13H24N2O3. The van der Waals surface area contributed by atoms with Crippen molar-refractivity contribution < 1.29 is 14.3 Å². The monoisotopic (exact) mass is 256 g/mol. The summed E-state index contributed by atoms with van der Waals surface area (Å²) in [5.41, 5.74) is -0.0909. The van der Waals surface area contributed by atoms with Crippen LogP contribution in [0.3, 0.4) is 0 Å². The molecule has 2 aliphatic heterocycles. The first-order valence-electron chi connectivity index (χ1n) is 6.67. The van der Waals surface area contributed by atoms with Crippen LogP contribution in [0.1, 0.15) is 19.3 Å². The van der Waals surface area contributed by atoms with Crippen LogP contribution in [-0.4, -0.2) is 74.9 Å². The van der Waals surface area contributed by atoms with Crippen LogP contribution >= 0.6 is 0 Å². The van der Waals surface area contributed by atoms with Crippen LogP contribution < -0.4 is 0 Å². The normalized spacial score (nSPS) is 32.9. The van der Waals surface area contributed by atoms with Crippen molar-refractivity contribution in [3.63, 3.8) is 0 Å². The summed E-state index contributed by atoms with van der Waals surface area (Å²) in [6.45, 7) is 3.02. The van der Waals surface area contributed by atoms with Gasteiger partial charge >= 0.3 is 0 Å².